The highest BCUT2D eigenvalue weighted by Gasteiger charge is 2.16. The average Bonchev–Trinajstić information content (AvgIpc) is 1.64. The third-order valence-corrected chi connectivity index (χ3v) is 1.13. The van der Waals surface area contributed by atoms with Gasteiger partial charge in [-0.1, -0.05) is 0 Å². The first-order valence-corrected chi connectivity index (χ1v) is 2.69. The van der Waals surface area contributed by atoms with Crippen molar-refractivity contribution < 1.29 is 9.90 Å². The van der Waals surface area contributed by atoms with Crippen LogP contribution in [-0.2, 0) is 4.79 Å². The van der Waals surface area contributed by atoms with Gasteiger partial charge in [-0.3, -0.25) is 9.69 Å². The Morgan fingerprint density at radius 2 is 2.22 bits per heavy atom. The van der Waals surface area contributed by atoms with E-state index in [1.54, 1.807) is 19.0 Å². The van der Waals surface area contributed by atoms with Crippen LogP contribution in [-0.4, -0.2) is 42.7 Å². The van der Waals surface area contributed by atoms with Gasteiger partial charge in [-0.25, -0.2) is 0 Å². The summed E-state index contributed by atoms with van der Waals surface area (Å²) in [4.78, 5) is 11.8. The molecule has 0 aromatic heterocycles. The van der Waals surface area contributed by atoms with E-state index in [2.05, 4.69) is 0 Å². The Balaban J connectivity index is 3.83. The summed E-state index contributed by atoms with van der Waals surface area (Å²) in [6.45, 7) is 0.155. The zero-order chi connectivity index (χ0) is 7.44. The number of likely N-dealkylation sites (N-methyl/N-ethyl adjacent to an activating group) is 1. The lowest BCUT2D eigenvalue weighted by atomic mass is 10.3. The maximum absolute atomic E-state index is 10.3. The topological polar surface area (TPSA) is 66.6 Å². The minimum absolute atomic E-state index is 0.155. The van der Waals surface area contributed by atoms with Crippen LogP contribution in [0.2, 0.25) is 0 Å². The predicted molar refractivity (Wildman–Crippen MR) is 34.2 cm³/mol. The summed E-state index contributed by atoms with van der Waals surface area (Å²) in [7, 11) is 3.37. The lowest BCUT2D eigenvalue weighted by Crippen LogP contribution is -2.41. The molecule has 0 radical (unpaired) electrons. The van der Waals surface area contributed by atoms with Crippen molar-refractivity contribution >= 4 is 5.97 Å². The fourth-order valence-electron chi connectivity index (χ4n) is 0.533. The molecular formula is C5H12N2O2. The Bertz CT molecular complexity index is 103. The van der Waals surface area contributed by atoms with E-state index < -0.39 is 12.0 Å². The highest BCUT2D eigenvalue weighted by atomic mass is 16.4. The van der Waals surface area contributed by atoms with Gasteiger partial charge in [0.2, 0.25) is 0 Å². The Morgan fingerprint density at radius 3 is 2.22 bits per heavy atom. The quantitative estimate of drug-likeness (QED) is 0.514. The van der Waals surface area contributed by atoms with Crippen molar-refractivity contribution in [3.05, 3.63) is 0 Å². The van der Waals surface area contributed by atoms with E-state index in [4.69, 9.17) is 10.8 Å². The van der Waals surface area contributed by atoms with Crippen molar-refractivity contribution in [2.24, 2.45) is 5.73 Å². The van der Waals surface area contributed by atoms with Gasteiger partial charge in [-0.15, -0.1) is 0 Å². The van der Waals surface area contributed by atoms with Crippen LogP contribution in [0, 0.1) is 0 Å². The van der Waals surface area contributed by atoms with Gasteiger partial charge >= 0.3 is 5.97 Å². The van der Waals surface area contributed by atoms with Crippen molar-refractivity contribution in [3.63, 3.8) is 0 Å². The molecule has 54 valence electrons. The van der Waals surface area contributed by atoms with Gasteiger partial charge in [0.25, 0.3) is 0 Å². The molecule has 0 aliphatic heterocycles. The number of nitrogens with zero attached hydrogens (tertiary/aromatic N) is 1. The van der Waals surface area contributed by atoms with E-state index in [9.17, 15) is 4.79 Å². The summed E-state index contributed by atoms with van der Waals surface area (Å²) < 4.78 is 0. The number of carboxylic acid groups (broad SMARTS) is 1. The standard InChI is InChI=1S/C5H12N2O2/c1-7(2)4(3-6)5(8)9/h4H,3,6H2,1-2H3,(H,8,9). The minimum Gasteiger partial charge on any atom is -0.480 e. The van der Waals surface area contributed by atoms with Crippen molar-refractivity contribution in [2.45, 2.75) is 6.04 Å². The monoisotopic (exact) mass is 132 g/mol. The number of carboxylic acids is 1. The third kappa shape index (κ3) is 2.43. The van der Waals surface area contributed by atoms with Gasteiger partial charge in [0, 0.05) is 6.54 Å². The third-order valence-electron chi connectivity index (χ3n) is 1.13. The lowest BCUT2D eigenvalue weighted by Gasteiger charge is -2.16. The van der Waals surface area contributed by atoms with E-state index in [-0.39, 0.29) is 6.54 Å². The molecule has 0 aliphatic rings. The van der Waals surface area contributed by atoms with Crippen molar-refractivity contribution in [2.75, 3.05) is 20.6 Å². The molecule has 0 bridgehead atoms. The fourth-order valence-corrected chi connectivity index (χ4v) is 0.533. The van der Waals surface area contributed by atoms with Crippen LogP contribution in [0.15, 0.2) is 0 Å². The first-order valence-electron chi connectivity index (χ1n) is 2.69. The zero-order valence-corrected chi connectivity index (χ0v) is 5.66. The molecule has 0 rings (SSSR count). The summed E-state index contributed by atoms with van der Waals surface area (Å²) >= 11 is 0. The fraction of sp³-hybridized carbons (Fsp3) is 0.800. The molecule has 4 heteroatoms. The SMILES string of the molecule is CN(C)C(CN)C(=O)O. The van der Waals surface area contributed by atoms with Crippen LogP contribution < -0.4 is 5.73 Å². The van der Waals surface area contributed by atoms with Gasteiger partial charge < -0.3 is 10.8 Å². The summed E-state index contributed by atoms with van der Waals surface area (Å²) in [6, 6.07) is -0.551. The first kappa shape index (κ1) is 8.39. The minimum atomic E-state index is -0.873. The Labute approximate surface area is 54.3 Å². The van der Waals surface area contributed by atoms with Crippen LogP contribution in [0.3, 0.4) is 0 Å². The maximum atomic E-state index is 10.3. The lowest BCUT2D eigenvalue weighted by molar-refractivity contribution is -0.141. The van der Waals surface area contributed by atoms with Crippen LogP contribution in [0.25, 0.3) is 0 Å². The molecule has 0 saturated carbocycles. The van der Waals surface area contributed by atoms with Crippen LogP contribution in [0.1, 0.15) is 0 Å². The van der Waals surface area contributed by atoms with E-state index in [0.717, 1.165) is 0 Å². The number of hydrogen-bond donors (Lipinski definition) is 2. The first-order chi connectivity index (χ1) is 4.09. The molecule has 1 atom stereocenters. The number of hydrogen-bond acceptors (Lipinski definition) is 3. The normalized spacial score (nSPS) is 13.8. The second-order valence-corrected chi connectivity index (χ2v) is 2.05. The van der Waals surface area contributed by atoms with E-state index >= 15 is 0 Å². The molecule has 1 unspecified atom stereocenters. The molecule has 4 nitrogen and oxygen atoms in total. The molecule has 9 heavy (non-hydrogen) atoms. The van der Waals surface area contributed by atoms with E-state index in [1.807, 2.05) is 0 Å². The maximum Gasteiger partial charge on any atom is 0.322 e. The molecule has 0 saturated heterocycles. The second kappa shape index (κ2) is 3.42. The molecule has 0 spiro atoms. The van der Waals surface area contributed by atoms with Gasteiger partial charge in [-0.05, 0) is 14.1 Å². The Kier molecular flexibility index (Phi) is 3.19. The second-order valence-electron chi connectivity index (χ2n) is 2.05. The summed E-state index contributed by atoms with van der Waals surface area (Å²) in [5.74, 6) is -0.873. The van der Waals surface area contributed by atoms with Crippen LogP contribution in [0.4, 0.5) is 0 Å². The van der Waals surface area contributed by atoms with Crippen LogP contribution >= 0.6 is 0 Å². The molecule has 3 N–H and O–H groups in total. The average molecular weight is 132 g/mol. The number of nitrogens with two attached hydrogens (primary N) is 1. The van der Waals surface area contributed by atoms with Gasteiger partial charge in [0.1, 0.15) is 6.04 Å². The highest BCUT2D eigenvalue weighted by molar-refractivity contribution is 5.73. The predicted octanol–water partition coefficient (Wildman–Crippen LogP) is -1.04. The zero-order valence-electron chi connectivity index (χ0n) is 5.66. The highest BCUT2D eigenvalue weighted by Crippen LogP contribution is 1.88. The van der Waals surface area contributed by atoms with E-state index in [1.165, 1.54) is 0 Å². The molecule has 0 fully saturated rings. The van der Waals surface area contributed by atoms with Crippen LogP contribution in [0.5, 0.6) is 0 Å². The van der Waals surface area contributed by atoms with Crippen molar-refractivity contribution in [1.29, 1.82) is 0 Å². The number of carbonyl (C=O) groups is 1. The van der Waals surface area contributed by atoms with E-state index in [0.29, 0.717) is 0 Å². The largest absolute Gasteiger partial charge is 0.480 e. The molecular weight excluding hydrogens is 120 g/mol. The summed E-state index contributed by atoms with van der Waals surface area (Å²) in [5, 5.41) is 8.42. The Hall–Kier alpha value is -0.610. The molecule has 0 aromatic rings. The van der Waals surface area contributed by atoms with Gasteiger partial charge in [0.15, 0.2) is 0 Å². The number of aliphatic carboxylic acids is 1. The molecule has 0 aromatic carbocycles. The summed E-state index contributed by atoms with van der Waals surface area (Å²) in [6.07, 6.45) is 0. The van der Waals surface area contributed by atoms with Gasteiger partial charge in [-0.2, -0.15) is 0 Å². The van der Waals surface area contributed by atoms with Crippen molar-refractivity contribution in [3.8, 4) is 0 Å². The summed E-state index contributed by atoms with van der Waals surface area (Å²) in [5.41, 5.74) is 5.15. The van der Waals surface area contributed by atoms with Crippen molar-refractivity contribution in [1.82, 2.24) is 4.90 Å². The molecule has 0 heterocycles. The number of rotatable bonds is 3. The van der Waals surface area contributed by atoms with Gasteiger partial charge in [0.05, 0.1) is 0 Å². The molecule has 0 amide bonds. The smallest absolute Gasteiger partial charge is 0.322 e. The molecule has 0 aliphatic carbocycles. The Morgan fingerprint density at radius 1 is 1.78 bits per heavy atom.